The first kappa shape index (κ1) is 8.24. The Balaban J connectivity index is 2.85. The van der Waals surface area contributed by atoms with E-state index in [1.165, 1.54) is 0 Å². The van der Waals surface area contributed by atoms with E-state index in [4.69, 9.17) is 0 Å². The van der Waals surface area contributed by atoms with Crippen molar-refractivity contribution in [2.24, 2.45) is 15.2 Å². The zero-order valence-corrected chi connectivity index (χ0v) is 7.35. The van der Waals surface area contributed by atoms with Crippen LogP contribution in [0.25, 0.3) is 0 Å². The van der Waals surface area contributed by atoms with Gasteiger partial charge in [-0.25, -0.2) is 0 Å². The fourth-order valence-corrected chi connectivity index (χ4v) is 0.869. The summed E-state index contributed by atoms with van der Waals surface area (Å²) in [6.45, 7) is 4.06. The van der Waals surface area contributed by atoms with Gasteiger partial charge in [0.15, 0.2) is 5.82 Å². The van der Waals surface area contributed by atoms with E-state index in [2.05, 4.69) is 39.5 Å². The largest absolute Gasteiger partial charge is 0.182 e. The molecule has 0 spiro atoms. The molecule has 1 rings (SSSR count). The van der Waals surface area contributed by atoms with Gasteiger partial charge in [0, 0.05) is 0 Å². The lowest BCUT2D eigenvalue weighted by molar-refractivity contribution is 0.558. The highest BCUT2D eigenvalue weighted by atomic mass is 32.1. The van der Waals surface area contributed by atoms with Gasteiger partial charge >= 0.3 is 0 Å². The van der Waals surface area contributed by atoms with Gasteiger partial charge in [-0.1, -0.05) is 6.92 Å². The normalized spacial score (nSPS) is 28.0. The van der Waals surface area contributed by atoms with Gasteiger partial charge < -0.3 is 0 Å². The fraction of sp³-hybridized carbons (Fsp3) is 0.571. The minimum absolute atomic E-state index is 0.176. The van der Waals surface area contributed by atoms with Crippen LogP contribution in [0.1, 0.15) is 20.3 Å². The first-order valence-electron chi connectivity index (χ1n) is 3.44. The third kappa shape index (κ3) is 1.79. The van der Waals surface area contributed by atoms with Crippen molar-refractivity contribution in [1.29, 1.82) is 0 Å². The lowest BCUT2D eigenvalue weighted by Crippen LogP contribution is -2.13. The van der Waals surface area contributed by atoms with Gasteiger partial charge in [0.25, 0.3) is 0 Å². The molecule has 0 saturated heterocycles. The molecule has 1 unspecified atom stereocenters. The molecule has 1 heterocycles. The maximum Gasteiger partial charge on any atom is 0.182 e. The second-order valence-electron chi connectivity index (χ2n) is 2.62. The summed E-state index contributed by atoms with van der Waals surface area (Å²) in [4.78, 5) is 3.73. The molecular formula is C7H9N3S. The Bertz CT molecular complexity index is 263. The van der Waals surface area contributed by atoms with Gasteiger partial charge in [0.1, 0.15) is 5.54 Å². The minimum Gasteiger partial charge on any atom is -0.176 e. The van der Waals surface area contributed by atoms with E-state index in [1.807, 2.05) is 13.0 Å². The zero-order valence-electron chi connectivity index (χ0n) is 6.53. The Morgan fingerprint density at radius 3 is 3.00 bits per heavy atom. The van der Waals surface area contributed by atoms with Crippen molar-refractivity contribution < 1.29 is 0 Å². The van der Waals surface area contributed by atoms with Crippen LogP contribution in [0.5, 0.6) is 0 Å². The molecule has 3 nitrogen and oxygen atoms in total. The van der Waals surface area contributed by atoms with Gasteiger partial charge in [-0.2, -0.15) is 10.1 Å². The van der Waals surface area contributed by atoms with Crippen molar-refractivity contribution in [3.8, 4) is 0 Å². The monoisotopic (exact) mass is 167 g/mol. The molecule has 0 aromatic carbocycles. The van der Waals surface area contributed by atoms with E-state index >= 15 is 0 Å². The first-order chi connectivity index (χ1) is 5.20. The lowest BCUT2D eigenvalue weighted by atomic mass is 10.0. The van der Waals surface area contributed by atoms with Gasteiger partial charge in [-0.15, -0.1) is 5.11 Å². The maximum atomic E-state index is 4.44. The van der Waals surface area contributed by atoms with E-state index in [1.54, 1.807) is 0 Å². The number of thiocarbonyl (C=S) groups is 1. The van der Waals surface area contributed by atoms with Crippen LogP contribution < -0.4 is 0 Å². The molecule has 1 aliphatic rings. The molecule has 0 fully saturated rings. The highest BCUT2D eigenvalue weighted by Crippen LogP contribution is 2.26. The fourth-order valence-electron chi connectivity index (χ4n) is 0.775. The number of rotatable bonds is 2. The predicted octanol–water partition coefficient (Wildman–Crippen LogP) is 2.57. The van der Waals surface area contributed by atoms with E-state index in [9.17, 15) is 0 Å². The quantitative estimate of drug-likeness (QED) is 0.460. The topological polar surface area (TPSA) is 37.1 Å². The Morgan fingerprint density at radius 1 is 1.82 bits per heavy atom. The van der Waals surface area contributed by atoms with Crippen LogP contribution in [0.4, 0.5) is 0 Å². The molecule has 0 bridgehead atoms. The van der Waals surface area contributed by atoms with Crippen LogP contribution in [0.15, 0.2) is 27.1 Å². The van der Waals surface area contributed by atoms with Crippen molar-refractivity contribution >= 4 is 17.4 Å². The van der Waals surface area contributed by atoms with Crippen molar-refractivity contribution in [2.45, 2.75) is 25.8 Å². The highest BCUT2D eigenvalue weighted by Gasteiger charge is 2.23. The summed E-state index contributed by atoms with van der Waals surface area (Å²) in [6.07, 6.45) is 2.82. The third-order valence-electron chi connectivity index (χ3n) is 1.70. The maximum absolute atomic E-state index is 4.44. The summed E-state index contributed by atoms with van der Waals surface area (Å²) < 4.78 is 0. The number of nitrogens with zero attached hydrogens (tertiary/aromatic N) is 3. The second-order valence-corrected chi connectivity index (χ2v) is 2.80. The van der Waals surface area contributed by atoms with Gasteiger partial charge in [0.2, 0.25) is 0 Å². The summed E-state index contributed by atoms with van der Waals surface area (Å²) in [7, 11) is 0. The summed E-state index contributed by atoms with van der Waals surface area (Å²) in [5, 5.41) is 10.1. The second kappa shape index (κ2) is 3.03. The molecule has 4 heteroatoms. The minimum atomic E-state index is -0.176. The van der Waals surface area contributed by atoms with Crippen molar-refractivity contribution in [1.82, 2.24) is 0 Å². The molecule has 0 amide bonds. The number of hydrogen-bond donors (Lipinski definition) is 0. The first-order valence-corrected chi connectivity index (χ1v) is 3.84. The number of isothiocyanates is 1. The average molecular weight is 167 g/mol. The Hall–Kier alpha value is -0.860. The Labute approximate surface area is 70.9 Å². The molecule has 0 saturated carbocycles. The molecule has 1 atom stereocenters. The third-order valence-corrected chi connectivity index (χ3v) is 1.79. The van der Waals surface area contributed by atoms with Gasteiger partial charge in [-0.3, -0.25) is 0 Å². The Kier molecular flexibility index (Phi) is 2.27. The number of hydrogen-bond acceptors (Lipinski definition) is 4. The van der Waals surface area contributed by atoms with Crippen LogP contribution in [0, 0.1) is 0 Å². The zero-order chi connectivity index (χ0) is 8.32. The summed E-state index contributed by atoms with van der Waals surface area (Å²) in [5.41, 5.74) is -0.176. The number of azo groups is 1. The van der Waals surface area contributed by atoms with Gasteiger partial charge in [-0.05, 0) is 31.6 Å². The summed E-state index contributed by atoms with van der Waals surface area (Å²) >= 11 is 4.44. The molecule has 0 aromatic rings. The standard InChI is InChI=1S/C7H9N3S/c1-3-7(2)4-6(8-5-11)9-10-7/h4H,3H2,1-2H3. The highest BCUT2D eigenvalue weighted by molar-refractivity contribution is 7.78. The van der Waals surface area contributed by atoms with Gasteiger partial charge in [0.05, 0.1) is 5.16 Å². The van der Waals surface area contributed by atoms with E-state index in [-0.39, 0.29) is 5.54 Å². The number of aliphatic imine (C=N–C) groups is 1. The van der Waals surface area contributed by atoms with E-state index in [0.717, 1.165) is 6.42 Å². The van der Waals surface area contributed by atoms with Crippen LogP contribution >= 0.6 is 12.2 Å². The molecule has 58 valence electrons. The smallest absolute Gasteiger partial charge is 0.176 e. The molecule has 0 N–H and O–H groups in total. The van der Waals surface area contributed by atoms with Crippen LogP contribution in [-0.4, -0.2) is 10.7 Å². The van der Waals surface area contributed by atoms with Crippen molar-refractivity contribution in [3.63, 3.8) is 0 Å². The predicted molar refractivity (Wildman–Crippen MR) is 46.7 cm³/mol. The van der Waals surface area contributed by atoms with Crippen LogP contribution in [0.2, 0.25) is 0 Å². The molecular weight excluding hydrogens is 158 g/mol. The van der Waals surface area contributed by atoms with E-state index in [0.29, 0.717) is 5.82 Å². The molecule has 1 aliphatic heterocycles. The summed E-state index contributed by atoms with van der Waals surface area (Å²) in [5.74, 6) is 0.573. The van der Waals surface area contributed by atoms with Crippen molar-refractivity contribution in [3.05, 3.63) is 11.9 Å². The molecule has 0 radical (unpaired) electrons. The van der Waals surface area contributed by atoms with Crippen LogP contribution in [-0.2, 0) is 0 Å². The molecule has 0 aromatic heterocycles. The SMILES string of the molecule is CCC1(C)C=C(N=C=S)N=N1. The van der Waals surface area contributed by atoms with E-state index < -0.39 is 0 Å². The molecule has 0 aliphatic carbocycles. The summed E-state index contributed by atoms with van der Waals surface area (Å²) in [6, 6.07) is 0. The Morgan fingerprint density at radius 2 is 2.55 bits per heavy atom. The van der Waals surface area contributed by atoms with Crippen molar-refractivity contribution in [2.75, 3.05) is 0 Å². The lowest BCUT2D eigenvalue weighted by Gasteiger charge is -2.10. The average Bonchev–Trinajstić information content (AvgIpc) is 2.35. The van der Waals surface area contributed by atoms with Crippen LogP contribution in [0.3, 0.4) is 0 Å². The molecule has 11 heavy (non-hydrogen) atoms.